The molecule has 378 valence electrons. The number of fused-ring (bicyclic) bond motifs is 6. The molecule has 6 atom stereocenters. The largest absolute Gasteiger partial charge is 0.508 e. The summed E-state index contributed by atoms with van der Waals surface area (Å²) in [6.07, 6.45) is 4.25. The third-order valence-electron chi connectivity index (χ3n) is 14.7. The van der Waals surface area contributed by atoms with Crippen LogP contribution >= 0.6 is 0 Å². The minimum absolute atomic E-state index is 0.0163. The molecule has 0 spiro atoms. The van der Waals surface area contributed by atoms with Crippen LogP contribution in [-0.2, 0) is 48.0 Å². The summed E-state index contributed by atoms with van der Waals surface area (Å²) in [6.45, 7) is 14.4. The number of pyridine rings is 1. The van der Waals surface area contributed by atoms with Crippen molar-refractivity contribution < 1.29 is 38.6 Å². The molecule has 8 rings (SSSR count). The topological polar surface area (TPSA) is 182 Å². The van der Waals surface area contributed by atoms with E-state index in [2.05, 4.69) is 71.0 Å². The molecule has 4 aliphatic rings. The van der Waals surface area contributed by atoms with Gasteiger partial charge in [0.15, 0.2) is 6.04 Å². The maximum absolute atomic E-state index is 14.8. The molecular weight excluding hydrogens is 903 g/mol. The van der Waals surface area contributed by atoms with Gasteiger partial charge in [-0.1, -0.05) is 45.7 Å². The number of hydrogen-bond donors (Lipinski definition) is 3. The number of ether oxygens (including phenoxy) is 2. The van der Waals surface area contributed by atoms with E-state index in [1.54, 1.807) is 37.4 Å². The van der Waals surface area contributed by atoms with Crippen molar-refractivity contribution in [3.63, 3.8) is 0 Å². The number of rotatable bonds is 10. The minimum atomic E-state index is -1.18. The molecule has 3 N–H and O–H groups in total. The van der Waals surface area contributed by atoms with Gasteiger partial charge in [0, 0.05) is 74.2 Å². The number of methoxy groups -OCH3 is 1. The van der Waals surface area contributed by atoms with E-state index in [-0.39, 0.29) is 55.8 Å². The summed E-state index contributed by atoms with van der Waals surface area (Å²) in [5.41, 5.74) is 9.51. The lowest BCUT2D eigenvalue weighted by molar-refractivity contribution is -0.732. The quantitative estimate of drug-likeness (QED) is 0.0798. The Kier molecular flexibility index (Phi) is 15.2. The van der Waals surface area contributed by atoms with E-state index in [1.165, 1.54) is 10.0 Å². The van der Waals surface area contributed by atoms with Crippen LogP contribution in [0.2, 0.25) is 0 Å². The van der Waals surface area contributed by atoms with Crippen molar-refractivity contribution in [2.45, 2.75) is 123 Å². The number of cyclic esters (lactones) is 1. The molecule has 3 saturated heterocycles. The zero-order valence-corrected chi connectivity index (χ0v) is 42.7. The van der Waals surface area contributed by atoms with Crippen LogP contribution in [0.4, 0.5) is 0 Å². The number of carbonyl (C=O) groups excluding carboxylic acids is 4. The summed E-state index contributed by atoms with van der Waals surface area (Å²) < 4.78 is 14.2. The number of benzene rings is 2. The van der Waals surface area contributed by atoms with E-state index >= 15 is 0 Å². The van der Waals surface area contributed by atoms with E-state index in [4.69, 9.17) is 14.5 Å². The maximum Gasteiger partial charge on any atom is 0.324 e. The number of esters is 1. The fourth-order valence-corrected chi connectivity index (χ4v) is 10.6. The fourth-order valence-electron chi connectivity index (χ4n) is 10.6. The van der Waals surface area contributed by atoms with Gasteiger partial charge in [0.05, 0.1) is 48.6 Å². The van der Waals surface area contributed by atoms with Gasteiger partial charge in [0.1, 0.15) is 22.7 Å². The second kappa shape index (κ2) is 21.2. The van der Waals surface area contributed by atoms with Crippen molar-refractivity contribution in [1.29, 1.82) is 0 Å². The molecule has 0 saturated carbocycles. The average molecular weight is 973 g/mol. The number of hydrazine groups is 2. The van der Waals surface area contributed by atoms with Gasteiger partial charge in [-0.2, -0.15) is 0 Å². The van der Waals surface area contributed by atoms with E-state index in [9.17, 15) is 29.2 Å². The second-order valence-electron chi connectivity index (χ2n) is 20.8. The molecule has 3 amide bonds. The van der Waals surface area contributed by atoms with Crippen LogP contribution < -0.4 is 10.7 Å². The lowest BCUT2D eigenvalue weighted by Gasteiger charge is -2.36. The van der Waals surface area contributed by atoms with Crippen molar-refractivity contribution in [3.8, 4) is 40.0 Å². The molecule has 17 nitrogen and oxygen atoms in total. The van der Waals surface area contributed by atoms with Gasteiger partial charge in [-0.3, -0.25) is 34.1 Å². The number of aromatic hydroxyl groups is 1. The second-order valence-corrected chi connectivity index (χ2v) is 20.8. The summed E-state index contributed by atoms with van der Waals surface area (Å²) in [7, 11) is 5.19. The molecule has 4 aliphatic heterocycles. The highest BCUT2D eigenvalue weighted by atomic mass is 16.5. The molecule has 3 fully saturated rings. The van der Waals surface area contributed by atoms with Crippen molar-refractivity contribution in [3.05, 3.63) is 76.5 Å². The summed E-state index contributed by atoms with van der Waals surface area (Å²) >= 11 is 0. The number of phenols is 1. The Bertz CT molecular complexity index is 2760. The maximum atomic E-state index is 14.8. The summed E-state index contributed by atoms with van der Waals surface area (Å²) in [6, 6.07) is 11.9. The first-order chi connectivity index (χ1) is 33.9. The van der Waals surface area contributed by atoms with Gasteiger partial charge in [-0.15, -0.1) is 5.01 Å². The predicted molar refractivity (Wildman–Crippen MR) is 269 cm³/mol. The lowest BCUT2D eigenvalue weighted by Crippen LogP contribution is -2.62. The van der Waals surface area contributed by atoms with E-state index in [1.807, 2.05) is 46.0 Å². The van der Waals surface area contributed by atoms with Crippen LogP contribution in [0.1, 0.15) is 90.2 Å². The number of amides is 3. The Balaban J connectivity index is 1.14. The van der Waals surface area contributed by atoms with Crippen molar-refractivity contribution in [2.75, 3.05) is 54.0 Å². The number of carbonyl (C=O) groups is 4. The molecular formula is C54H70N9O8+. The smallest absolute Gasteiger partial charge is 0.324 e. The molecule has 2 aromatic carbocycles. The zero-order chi connectivity index (χ0) is 50.9. The highest BCUT2D eigenvalue weighted by Gasteiger charge is 2.45. The van der Waals surface area contributed by atoms with Crippen LogP contribution in [0.25, 0.3) is 33.3 Å². The van der Waals surface area contributed by atoms with Crippen molar-refractivity contribution in [1.82, 2.24) is 40.1 Å². The van der Waals surface area contributed by atoms with Gasteiger partial charge in [-0.25, -0.2) is 5.43 Å². The predicted octanol–water partition coefficient (Wildman–Crippen LogP) is 5.41. The molecule has 4 aromatic rings. The Hall–Kier alpha value is -6.35. The highest BCUT2D eigenvalue weighted by Crippen LogP contribution is 2.42. The van der Waals surface area contributed by atoms with E-state index in [0.29, 0.717) is 49.9 Å². The highest BCUT2D eigenvalue weighted by molar-refractivity contribution is 5.96. The number of nitrogens with zero attached hydrogens (tertiary/aromatic N) is 7. The Morgan fingerprint density at radius 3 is 2.56 bits per heavy atom. The average Bonchev–Trinajstić information content (AvgIpc) is 3.96. The molecule has 0 radical (unpaired) electrons. The number of aromatic nitrogens is 2. The standard InChI is InChI=1S/C54H69N9O8/c1-10-61-46-17-15-36-29-42(46)43(50(61)41-13-11-21-55-48(41)34(4)70-9)30-54(5,6)32-71-53(68)44-14-12-22-62(57-44)52(67)45(27-35-25-37(36)28-40(64)26-35)56-51(66)49(33(2)3)59(8)63(69)39-20-24-60(31-39)47(65)18-16-38-19-23-58(38)7/h11,13,15,17,21,25-26,28-29,33-34,38-39,44-45,49,57H,10,12,14,19-20,22-24,27,30-32H2,1-9H3,(H-,56,64,66)/p+1/t34-,38+,39-,44-,45-,49-/m0/s1. The van der Waals surface area contributed by atoms with Crippen LogP contribution in [0, 0.1) is 28.1 Å². The Labute approximate surface area is 416 Å². The normalized spacial score (nSPS) is 22.5. The first kappa shape index (κ1) is 51.0. The monoisotopic (exact) mass is 973 g/mol. The van der Waals surface area contributed by atoms with Crippen molar-refractivity contribution in [2.24, 2.45) is 11.3 Å². The number of hydrogen-bond acceptors (Lipinski definition) is 11. The first-order valence-electron chi connectivity index (χ1n) is 25.1. The van der Waals surface area contributed by atoms with Crippen LogP contribution in [0.3, 0.4) is 0 Å². The van der Waals surface area contributed by atoms with E-state index in [0.717, 1.165) is 56.8 Å². The molecule has 6 heterocycles. The van der Waals surface area contributed by atoms with Gasteiger partial charge in [0.2, 0.25) is 5.91 Å². The molecule has 6 bridgehead atoms. The van der Waals surface area contributed by atoms with Crippen LogP contribution in [0.15, 0.2) is 54.7 Å². The SMILES string of the molecule is CCn1c(-c2cccnc2[C@H](C)OC)c2c3cc(ccc31)-c1cc(O)cc(c1)C[C@H](NC(=O)[C@H](C(C)C)N(C)[N+](=O)[C@H]1CCN(C(=O)C#C[C@@H]3CCN3C)C1)C(=O)N1CCC[C@H](N1)C(=O)OCC(C)(C)C2. The molecule has 0 unspecified atom stereocenters. The lowest BCUT2D eigenvalue weighted by atomic mass is 9.84. The zero-order valence-electron chi connectivity index (χ0n) is 42.7. The molecule has 0 aliphatic carbocycles. The molecule has 71 heavy (non-hydrogen) atoms. The van der Waals surface area contributed by atoms with E-state index < -0.39 is 47.4 Å². The summed E-state index contributed by atoms with van der Waals surface area (Å²) in [4.78, 5) is 79.8. The van der Waals surface area contributed by atoms with Crippen molar-refractivity contribution >= 4 is 34.6 Å². The fraction of sp³-hybridized carbons (Fsp3) is 0.537. The number of phenolic OH excluding ortho intramolecular Hbond substituents is 1. The van der Waals surface area contributed by atoms with Crippen LogP contribution in [0.5, 0.6) is 5.75 Å². The third-order valence-corrected chi connectivity index (χ3v) is 14.7. The number of aryl methyl sites for hydroxylation is 1. The summed E-state index contributed by atoms with van der Waals surface area (Å²) in [5.74, 6) is 3.55. The first-order valence-corrected chi connectivity index (χ1v) is 25.1. The number of nitroso groups, excluding NO2 is 1. The third kappa shape index (κ3) is 10.8. The Morgan fingerprint density at radius 1 is 1.07 bits per heavy atom. The summed E-state index contributed by atoms with van der Waals surface area (Å²) in [5, 5.41) is 18.1. The molecule has 2 aromatic heterocycles. The number of nitrogens with one attached hydrogen (secondary N) is 2. The van der Waals surface area contributed by atoms with Gasteiger partial charge in [-0.05, 0) is 117 Å². The van der Waals surface area contributed by atoms with Crippen LogP contribution in [-0.4, -0.2) is 147 Å². The van der Waals surface area contributed by atoms with Gasteiger partial charge in [0.25, 0.3) is 17.9 Å². The minimum Gasteiger partial charge on any atom is -0.508 e. The molecule has 17 heteroatoms. The van der Waals surface area contributed by atoms with Gasteiger partial charge < -0.3 is 29.4 Å². The Morgan fingerprint density at radius 2 is 1.86 bits per heavy atom. The number of likely N-dealkylation sites (tertiary alicyclic amines) is 2. The van der Waals surface area contributed by atoms with Gasteiger partial charge >= 0.3 is 5.97 Å². The number of likely N-dealkylation sites (N-methyl/N-ethyl adjacent to an activating group) is 1.